The molecule has 16 heavy (non-hydrogen) atoms. The molecule has 90 valence electrons. The fraction of sp³-hybridized carbons (Fsp3) is 0.643. The summed E-state index contributed by atoms with van der Waals surface area (Å²) < 4.78 is 5.96. The molecule has 1 saturated carbocycles. The van der Waals surface area contributed by atoms with E-state index in [9.17, 15) is 4.79 Å². The van der Waals surface area contributed by atoms with Gasteiger partial charge in [-0.3, -0.25) is 4.79 Å². The van der Waals surface area contributed by atoms with E-state index in [4.69, 9.17) is 4.74 Å². The summed E-state index contributed by atoms with van der Waals surface area (Å²) in [6.07, 6.45) is 11.7. The average molecular weight is 222 g/mol. The van der Waals surface area contributed by atoms with Crippen LogP contribution in [-0.4, -0.2) is 18.5 Å². The van der Waals surface area contributed by atoms with Crippen molar-refractivity contribution >= 4 is 6.29 Å². The summed E-state index contributed by atoms with van der Waals surface area (Å²) >= 11 is 0. The topological polar surface area (TPSA) is 26.3 Å². The molecule has 0 heterocycles. The van der Waals surface area contributed by atoms with E-state index in [0.717, 1.165) is 24.7 Å². The van der Waals surface area contributed by atoms with Crippen molar-refractivity contribution in [2.45, 2.75) is 57.7 Å². The van der Waals surface area contributed by atoms with Gasteiger partial charge in [0.1, 0.15) is 6.29 Å². The summed E-state index contributed by atoms with van der Waals surface area (Å²) in [7, 11) is 0. The van der Waals surface area contributed by atoms with Crippen LogP contribution in [0.15, 0.2) is 24.3 Å². The average Bonchev–Trinajstić information content (AvgIpc) is 2.35. The lowest BCUT2D eigenvalue weighted by atomic mass is 9.97. The minimum atomic E-state index is -0.0144. The highest BCUT2D eigenvalue weighted by Crippen LogP contribution is 2.23. The molecule has 0 N–H and O–H groups in total. The number of carbonyl (C=O) groups excluding carboxylic acids is 1. The molecule has 1 aliphatic carbocycles. The van der Waals surface area contributed by atoms with E-state index in [1.54, 1.807) is 0 Å². The van der Waals surface area contributed by atoms with Gasteiger partial charge in [-0.15, -0.1) is 6.58 Å². The Bertz CT molecular complexity index is 249. The highest BCUT2D eigenvalue weighted by molar-refractivity contribution is 5.73. The Balaban J connectivity index is 2.41. The Morgan fingerprint density at radius 2 is 2.12 bits per heavy atom. The first kappa shape index (κ1) is 13.2. The number of ether oxygens (including phenoxy) is 1. The molecule has 0 bridgehead atoms. The second kappa shape index (κ2) is 7.39. The van der Waals surface area contributed by atoms with Crippen LogP contribution in [0.4, 0.5) is 0 Å². The van der Waals surface area contributed by atoms with Gasteiger partial charge in [0.2, 0.25) is 0 Å². The summed E-state index contributed by atoms with van der Waals surface area (Å²) in [4.78, 5) is 10.7. The van der Waals surface area contributed by atoms with E-state index in [1.165, 1.54) is 19.3 Å². The Hall–Kier alpha value is -0.890. The van der Waals surface area contributed by atoms with Crippen LogP contribution >= 0.6 is 0 Å². The number of rotatable bonds is 6. The van der Waals surface area contributed by atoms with Crippen LogP contribution in [0.25, 0.3) is 0 Å². The van der Waals surface area contributed by atoms with Gasteiger partial charge in [0.25, 0.3) is 0 Å². The van der Waals surface area contributed by atoms with Crippen LogP contribution in [0.5, 0.6) is 0 Å². The van der Waals surface area contributed by atoms with Gasteiger partial charge in [-0.05, 0) is 25.3 Å². The largest absolute Gasteiger partial charge is 0.371 e. The van der Waals surface area contributed by atoms with Crippen LogP contribution in [-0.2, 0) is 9.53 Å². The SMILES string of the molecule is C=CC(C/C(C=O)=C\C)OC1CCCCC1. The first-order valence-corrected chi connectivity index (χ1v) is 6.18. The van der Waals surface area contributed by atoms with Crippen LogP contribution < -0.4 is 0 Å². The van der Waals surface area contributed by atoms with Gasteiger partial charge in [0.15, 0.2) is 0 Å². The highest BCUT2D eigenvalue weighted by atomic mass is 16.5. The quantitative estimate of drug-likeness (QED) is 0.391. The van der Waals surface area contributed by atoms with E-state index in [0.29, 0.717) is 12.5 Å². The maximum Gasteiger partial charge on any atom is 0.145 e. The van der Waals surface area contributed by atoms with E-state index in [2.05, 4.69) is 6.58 Å². The standard InChI is InChI=1S/C14H22O2/c1-3-12(11-15)10-13(4-2)16-14-8-6-5-7-9-14/h3-4,11,13-14H,2,5-10H2,1H3/b12-3+. The molecule has 0 aliphatic heterocycles. The lowest BCUT2D eigenvalue weighted by Gasteiger charge is -2.26. The van der Waals surface area contributed by atoms with Gasteiger partial charge in [-0.2, -0.15) is 0 Å². The van der Waals surface area contributed by atoms with Crippen molar-refractivity contribution in [3.05, 3.63) is 24.3 Å². The third-order valence-corrected chi connectivity index (χ3v) is 3.14. The second-order valence-corrected chi connectivity index (χ2v) is 4.36. The molecule has 1 rings (SSSR count). The molecule has 2 heteroatoms. The lowest BCUT2D eigenvalue weighted by molar-refractivity contribution is -0.105. The zero-order valence-electron chi connectivity index (χ0n) is 10.2. The van der Waals surface area contributed by atoms with Crippen molar-refractivity contribution in [2.75, 3.05) is 0 Å². The first-order chi connectivity index (χ1) is 7.80. The van der Waals surface area contributed by atoms with Gasteiger partial charge in [0.05, 0.1) is 12.2 Å². The molecule has 1 atom stereocenters. The van der Waals surface area contributed by atoms with Gasteiger partial charge in [0, 0.05) is 6.42 Å². The van der Waals surface area contributed by atoms with E-state index >= 15 is 0 Å². The van der Waals surface area contributed by atoms with Crippen molar-refractivity contribution in [1.82, 2.24) is 0 Å². The summed E-state index contributed by atoms with van der Waals surface area (Å²) in [5, 5.41) is 0. The molecule has 1 fully saturated rings. The third-order valence-electron chi connectivity index (χ3n) is 3.14. The molecule has 1 aliphatic rings. The van der Waals surface area contributed by atoms with Crippen molar-refractivity contribution < 1.29 is 9.53 Å². The first-order valence-electron chi connectivity index (χ1n) is 6.18. The summed E-state index contributed by atoms with van der Waals surface area (Å²) in [6.45, 7) is 5.66. The lowest BCUT2D eigenvalue weighted by Crippen LogP contribution is -2.23. The molecule has 0 spiro atoms. The summed E-state index contributed by atoms with van der Waals surface area (Å²) in [6, 6.07) is 0. The molecule has 0 aromatic heterocycles. The molecule has 0 aromatic carbocycles. The molecule has 0 saturated heterocycles. The van der Waals surface area contributed by atoms with Crippen LogP contribution in [0.3, 0.4) is 0 Å². The number of allylic oxidation sites excluding steroid dienone is 1. The monoisotopic (exact) mass is 222 g/mol. The Labute approximate surface area is 98.4 Å². The smallest absolute Gasteiger partial charge is 0.145 e. The number of aldehydes is 1. The number of hydrogen-bond donors (Lipinski definition) is 0. The molecule has 1 unspecified atom stereocenters. The minimum absolute atomic E-state index is 0.0144. The normalized spacial score (nSPS) is 20.4. The van der Waals surface area contributed by atoms with Gasteiger partial charge >= 0.3 is 0 Å². The molecular weight excluding hydrogens is 200 g/mol. The minimum Gasteiger partial charge on any atom is -0.371 e. The van der Waals surface area contributed by atoms with Crippen molar-refractivity contribution in [1.29, 1.82) is 0 Å². The molecule has 0 radical (unpaired) electrons. The van der Waals surface area contributed by atoms with Crippen LogP contribution in [0.1, 0.15) is 45.4 Å². The zero-order valence-corrected chi connectivity index (χ0v) is 10.2. The molecule has 2 nitrogen and oxygen atoms in total. The number of carbonyl (C=O) groups is 1. The van der Waals surface area contributed by atoms with E-state index < -0.39 is 0 Å². The fourth-order valence-electron chi connectivity index (χ4n) is 2.10. The van der Waals surface area contributed by atoms with Crippen molar-refractivity contribution in [3.8, 4) is 0 Å². The highest BCUT2D eigenvalue weighted by Gasteiger charge is 2.17. The maximum atomic E-state index is 10.7. The van der Waals surface area contributed by atoms with Crippen molar-refractivity contribution in [2.24, 2.45) is 0 Å². The Kier molecular flexibility index (Phi) is 6.09. The second-order valence-electron chi connectivity index (χ2n) is 4.36. The Morgan fingerprint density at radius 3 is 2.62 bits per heavy atom. The predicted molar refractivity (Wildman–Crippen MR) is 66.4 cm³/mol. The van der Waals surface area contributed by atoms with Crippen LogP contribution in [0.2, 0.25) is 0 Å². The molecular formula is C14H22O2. The number of hydrogen-bond acceptors (Lipinski definition) is 2. The summed E-state index contributed by atoms with van der Waals surface area (Å²) in [5.74, 6) is 0. The maximum absolute atomic E-state index is 10.7. The van der Waals surface area contributed by atoms with E-state index in [-0.39, 0.29) is 6.10 Å². The van der Waals surface area contributed by atoms with Gasteiger partial charge in [-0.1, -0.05) is 31.4 Å². The molecule has 0 amide bonds. The predicted octanol–water partition coefficient (Wildman–Crippen LogP) is 3.43. The molecule has 0 aromatic rings. The zero-order chi connectivity index (χ0) is 11.8. The van der Waals surface area contributed by atoms with Crippen molar-refractivity contribution in [3.63, 3.8) is 0 Å². The fourth-order valence-corrected chi connectivity index (χ4v) is 2.10. The van der Waals surface area contributed by atoms with E-state index in [1.807, 2.05) is 19.1 Å². The van der Waals surface area contributed by atoms with Gasteiger partial charge < -0.3 is 4.74 Å². The third kappa shape index (κ3) is 4.31. The Morgan fingerprint density at radius 1 is 1.44 bits per heavy atom. The van der Waals surface area contributed by atoms with Gasteiger partial charge in [-0.25, -0.2) is 0 Å². The van der Waals surface area contributed by atoms with Crippen LogP contribution in [0, 0.1) is 0 Å². The summed E-state index contributed by atoms with van der Waals surface area (Å²) in [5.41, 5.74) is 0.792.